The average molecular weight is 240 g/mol. The summed E-state index contributed by atoms with van der Waals surface area (Å²) in [4.78, 5) is 19.4. The molecule has 1 unspecified atom stereocenters. The summed E-state index contributed by atoms with van der Waals surface area (Å²) in [7, 11) is 0. The Morgan fingerprint density at radius 2 is 2.00 bits per heavy atom. The number of hydrogen-bond donors (Lipinski definition) is 1. The summed E-state index contributed by atoms with van der Waals surface area (Å²) in [6, 6.07) is 1.82. The molecule has 1 atom stereocenters. The third-order valence-corrected chi connectivity index (χ3v) is 3.02. The van der Waals surface area contributed by atoms with Gasteiger partial charge in [-0.25, -0.2) is 9.97 Å². The fourth-order valence-corrected chi connectivity index (χ4v) is 1.96. The van der Waals surface area contributed by atoms with Crippen molar-refractivity contribution >= 4 is 17.7 Å². The molecule has 16 heavy (non-hydrogen) atoms. The first kappa shape index (κ1) is 13.0. The molecule has 0 bridgehead atoms. The lowest BCUT2D eigenvalue weighted by Crippen LogP contribution is -2.12. The Bertz CT molecular complexity index is 394. The third-order valence-electron chi connectivity index (χ3n) is 2.01. The van der Waals surface area contributed by atoms with Gasteiger partial charge in [-0.05, 0) is 19.9 Å². The van der Waals surface area contributed by atoms with Crippen LogP contribution in [0.4, 0.5) is 0 Å². The number of nitrogens with zero attached hydrogens (tertiary/aromatic N) is 2. The Morgan fingerprint density at radius 3 is 2.50 bits per heavy atom. The van der Waals surface area contributed by atoms with Crippen molar-refractivity contribution < 1.29 is 9.90 Å². The number of carboxylic acid groups (broad SMARTS) is 1. The van der Waals surface area contributed by atoms with E-state index >= 15 is 0 Å². The second-order valence-electron chi connectivity index (χ2n) is 3.96. The summed E-state index contributed by atoms with van der Waals surface area (Å²) in [6.45, 7) is 7.58. The fraction of sp³-hybridized carbons (Fsp3) is 0.545. The van der Waals surface area contributed by atoms with Gasteiger partial charge in [0.2, 0.25) is 0 Å². The van der Waals surface area contributed by atoms with Crippen LogP contribution in [0.25, 0.3) is 0 Å². The van der Waals surface area contributed by atoms with Crippen LogP contribution < -0.4 is 0 Å². The highest BCUT2D eigenvalue weighted by molar-refractivity contribution is 8.00. The predicted octanol–water partition coefficient (Wildman–Crippen LogP) is 2.47. The van der Waals surface area contributed by atoms with E-state index in [-0.39, 0.29) is 5.92 Å². The van der Waals surface area contributed by atoms with E-state index in [4.69, 9.17) is 5.11 Å². The molecule has 1 N–H and O–H groups in total. The molecule has 0 amide bonds. The van der Waals surface area contributed by atoms with Crippen LogP contribution in [0.1, 0.15) is 38.2 Å². The standard InChI is InChI=1S/C11H16N2O2S/c1-6(2)10-12-7(3)5-9(13-10)16-8(4)11(14)15/h5-6,8H,1-4H3,(H,14,15). The van der Waals surface area contributed by atoms with Crippen molar-refractivity contribution in [3.05, 3.63) is 17.6 Å². The second kappa shape index (κ2) is 5.30. The molecule has 0 saturated heterocycles. The van der Waals surface area contributed by atoms with Crippen molar-refractivity contribution in [1.29, 1.82) is 0 Å². The zero-order valence-electron chi connectivity index (χ0n) is 9.89. The Labute approximate surface area is 99.5 Å². The van der Waals surface area contributed by atoms with Gasteiger partial charge in [0.15, 0.2) is 0 Å². The van der Waals surface area contributed by atoms with Gasteiger partial charge in [0, 0.05) is 11.6 Å². The Morgan fingerprint density at radius 1 is 1.38 bits per heavy atom. The summed E-state index contributed by atoms with van der Waals surface area (Å²) < 4.78 is 0. The molecule has 0 aromatic carbocycles. The van der Waals surface area contributed by atoms with Gasteiger partial charge in [0.25, 0.3) is 0 Å². The molecule has 0 spiro atoms. The number of aromatic nitrogens is 2. The zero-order chi connectivity index (χ0) is 12.3. The van der Waals surface area contributed by atoms with Crippen LogP contribution in [-0.4, -0.2) is 26.3 Å². The van der Waals surface area contributed by atoms with Crippen molar-refractivity contribution in [3.8, 4) is 0 Å². The molecule has 0 aliphatic heterocycles. The molecular formula is C11H16N2O2S. The van der Waals surface area contributed by atoms with Gasteiger partial charge in [0.05, 0.1) is 0 Å². The van der Waals surface area contributed by atoms with Crippen LogP contribution >= 0.6 is 11.8 Å². The Hall–Kier alpha value is -1.10. The highest BCUT2D eigenvalue weighted by Gasteiger charge is 2.15. The first-order chi connectivity index (χ1) is 7.40. The summed E-state index contributed by atoms with van der Waals surface area (Å²) in [5.74, 6) is 0.187. The maximum Gasteiger partial charge on any atom is 0.316 e. The van der Waals surface area contributed by atoms with Gasteiger partial charge < -0.3 is 5.11 Å². The lowest BCUT2D eigenvalue weighted by atomic mass is 10.2. The van der Waals surface area contributed by atoms with Crippen molar-refractivity contribution in [1.82, 2.24) is 9.97 Å². The second-order valence-corrected chi connectivity index (χ2v) is 5.32. The smallest absolute Gasteiger partial charge is 0.316 e. The number of thioether (sulfide) groups is 1. The number of aliphatic carboxylic acids is 1. The third kappa shape index (κ3) is 3.48. The first-order valence-electron chi connectivity index (χ1n) is 5.15. The maximum absolute atomic E-state index is 10.7. The maximum atomic E-state index is 10.7. The number of aryl methyl sites for hydroxylation is 1. The molecule has 0 aliphatic rings. The van der Waals surface area contributed by atoms with Crippen LogP contribution in [0.15, 0.2) is 11.1 Å². The van der Waals surface area contributed by atoms with Gasteiger partial charge in [-0.3, -0.25) is 4.79 Å². The molecule has 0 aliphatic carbocycles. The van der Waals surface area contributed by atoms with Crippen LogP contribution in [0.5, 0.6) is 0 Å². The lowest BCUT2D eigenvalue weighted by molar-refractivity contribution is -0.136. The number of carbonyl (C=O) groups is 1. The van der Waals surface area contributed by atoms with E-state index in [9.17, 15) is 4.79 Å². The van der Waals surface area contributed by atoms with Crippen molar-refractivity contribution in [2.75, 3.05) is 0 Å². The van der Waals surface area contributed by atoms with E-state index in [2.05, 4.69) is 9.97 Å². The van der Waals surface area contributed by atoms with Crippen molar-refractivity contribution in [2.45, 2.75) is 43.9 Å². The topological polar surface area (TPSA) is 63.1 Å². The van der Waals surface area contributed by atoms with Gasteiger partial charge in [-0.1, -0.05) is 25.6 Å². The number of carboxylic acids is 1. The molecule has 4 nitrogen and oxygen atoms in total. The largest absolute Gasteiger partial charge is 0.480 e. The van der Waals surface area contributed by atoms with Gasteiger partial charge in [-0.2, -0.15) is 0 Å². The first-order valence-corrected chi connectivity index (χ1v) is 6.03. The van der Waals surface area contributed by atoms with Crippen LogP contribution in [0, 0.1) is 6.92 Å². The molecule has 1 rings (SSSR count). The summed E-state index contributed by atoms with van der Waals surface area (Å²) in [5.41, 5.74) is 0.874. The molecule has 1 aromatic heterocycles. The average Bonchev–Trinajstić information content (AvgIpc) is 2.16. The van der Waals surface area contributed by atoms with E-state index in [1.54, 1.807) is 6.92 Å². The van der Waals surface area contributed by atoms with E-state index in [1.165, 1.54) is 11.8 Å². The number of rotatable bonds is 4. The zero-order valence-corrected chi connectivity index (χ0v) is 10.7. The monoisotopic (exact) mass is 240 g/mol. The van der Waals surface area contributed by atoms with Crippen molar-refractivity contribution in [2.24, 2.45) is 0 Å². The molecular weight excluding hydrogens is 224 g/mol. The van der Waals surface area contributed by atoms with Gasteiger partial charge in [-0.15, -0.1) is 0 Å². The molecule has 1 heterocycles. The molecule has 1 aromatic rings. The molecule has 0 saturated carbocycles. The Kier molecular flexibility index (Phi) is 4.29. The normalized spacial score (nSPS) is 12.8. The van der Waals surface area contributed by atoms with E-state index in [0.717, 1.165) is 16.5 Å². The highest BCUT2D eigenvalue weighted by atomic mass is 32.2. The molecule has 0 fully saturated rings. The van der Waals surface area contributed by atoms with Crippen molar-refractivity contribution in [3.63, 3.8) is 0 Å². The number of hydrogen-bond acceptors (Lipinski definition) is 4. The van der Waals surface area contributed by atoms with E-state index in [1.807, 2.05) is 26.8 Å². The lowest BCUT2D eigenvalue weighted by Gasteiger charge is -2.09. The summed E-state index contributed by atoms with van der Waals surface area (Å²) >= 11 is 1.25. The van der Waals surface area contributed by atoms with Crippen LogP contribution in [0.2, 0.25) is 0 Å². The predicted molar refractivity (Wildman–Crippen MR) is 63.8 cm³/mol. The minimum atomic E-state index is -0.827. The minimum Gasteiger partial charge on any atom is -0.480 e. The van der Waals surface area contributed by atoms with Gasteiger partial charge in [0.1, 0.15) is 16.1 Å². The molecule has 5 heteroatoms. The van der Waals surface area contributed by atoms with E-state index in [0.29, 0.717) is 0 Å². The summed E-state index contributed by atoms with van der Waals surface area (Å²) in [5, 5.41) is 9.06. The van der Waals surface area contributed by atoms with E-state index < -0.39 is 11.2 Å². The fourth-order valence-electron chi connectivity index (χ4n) is 1.11. The Balaban J connectivity index is 2.92. The molecule has 88 valence electrons. The quantitative estimate of drug-likeness (QED) is 0.647. The summed E-state index contributed by atoms with van der Waals surface area (Å²) in [6.07, 6.45) is 0. The SMILES string of the molecule is Cc1cc(SC(C)C(=O)O)nc(C(C)C)n1. The minimum absolute atomic E-state index is 0.249. The van der Waals surface area contributed by atoms with Crippen LogP contribution in [0.3, 0.4) is 0 Å². The molecule has 0 radical (unpaired) electrons. The van der Waals surface area contributed by atoms with Gasteiger partial charge >= 0.3 is 5.97 Å². The highest BCUT2D eigenvalue weighted by Crippen LogP contribution is 2.23. The van der Waals surface area contributed by atoms with Crippen LogP contribution in [-0.2, 0) is 4.79 Å².